The van der Waals surface area contributed by atoms with Gasteiger partial charge in [0.1, 0.15) is 5.69 Å². The van der Waals surface area contributed by atoms with E-state index in [-0.39, 0.29) is 6.61 Å². The van der Waals surface area contributed by atoms with Crippen LogP contribution in [0.25, 0.3) is 6.08 Å². The SMILES string of the molecule is CCOC(=O)c1[nH]c(Br)c(/C=C/[N+](=O)[O-])c1C. The van der Waals surface area contributed by atoms with Crippen molar-refractivity contribution in [2.24, 2.45) is 0 Å². The first kappa shape index (κ1) is 13.4. The molecule has 0 spiro atoms. The van der Waals surface area contributed by atoms with Gasteiger partial charge in [0.2, 0.25) is 6.20 Å². The highest BCUT2D eigenvalue weighted by molar-refractivity contribution is 9.10. The zero-order valence-electron chi connectivity index (χ0n) is 9.32. The molecule has 1 N–H and O–H groups in total. The number of nitro groups is 1. The van der Waals surface area contributed by atoms with E-state index in [1.165, 1.54) is 6.08 Å². The van der Waals surface area contributed by atoms with Gasteiger partial charge in [-0.3, -0.25) is 10.1 Å². The molecule has 0 saturated heterocycles. The third-order valence-electron chi connectivity index (χ3n) is 2.09. The number of aromatic amines is 1. The maximum Gasteiger partial charge on any atom is 0.355 e. The zero-order valence-corrected chi connectivity index (χ0v) is 10.9. The molecule has 0 radical (unpaired) electrons. The number of nitrogens with zero attached hydrogens (tertiary/aromatic N) is 1. The molecule has 17 heavy (non-hydrogen) atoms. The molecule has 7 heteroatoms. The minimum absolute atomic E-state index is 0.273. The summed E-state index contributed by atoms with van der Waals surface area (Å²) < 4.78 is 5.36. The Morgan fingerprint density at radius 2 is 2.29 bits per heavy atom. The number of carbonyl (C=O) groups is 1. The molecular formula is C10H11BrN2O4. The summed E-state index contributed by atoms with van der Waals surface area (Å²) in [5.41, 5.74) is 1.46. The topological polar surface area (TPSA) is 85.2 Å². The van der Waals surface area contributed by atoms with E-state index >= 15 is 0 Å². The largest absolute Gasteiger partial charge is 0.461 e. The van der Waals surface area contributed by atoms with Gasteiger partial charge in [0, 0.05) is 11.6 Å². The van der Waals surface area contributed by atoms with Gasteiger partial charge in [0.15, 0.2) is 0 Å². The molecule has 0 saturated carbocycles. The van der Waals surface area contributed by atoms with E-state index in [2.05, 4.69) is 20.9 Å². The van der Waals surface area contributed by atoms with E-state index in [1.54, 1.807) is 13.8 Å². The van der Waals surface area contributed by atoms with Gasteiger partial charge < -0.3 is 9.72 Å². The fourth-order valence-corrected chi connectivity index (χ4v) is 1.94. The van der Waals surface area contributed by atoms with Gasteiger partial charge >= 0.3 is 5.97 Å². The predicted molar refractivity (Wildman–Crippen MR) is 65.2 cm³/mol. The Hall–Kier alpha value is -1.63. The fraction of sp³-hybridized carbons (Fsp3) is 0.300. The average Bonchev–Trinajstić information content (AvgIpc) is 2.52. The highest BCUT2D eigenvalue weighted by Crippen LogP contribution is 2.25. The molecule has 0 atom stereocenters. The van der Waals surface area contributed by atoms with Gasteiger partial charge in [-0.1, -0.05) is 0 Å². The smallest absolute Gasteiger partial charge is 0.355 e. The third-order valence-corrected chi connectivity index (χ3v) is 2.72. The maximum absolute atomic E-state index is 11.5. The van der Waals surface area contributed by atoms with Crippen molar-refractivity contribution in [3.8, 4) is 0 Å². The second kappa shape index (κ2) is 5.62. The van der Waals surface area contributed by atoms with Crippen LogP contribution in [0.15, 0.2) is 10.8 Å². The summed E-state index contributed by atoms with van der Waals surface area (Å²) >= 11 is 3.20. The molecule has 0 fully saturated rings. The van der Waals surface area contributed by atoms with Crippen molar-refractivity contribution in [1.29, 1.82) is 0 Å². The highest BCUT2D eigenvalue weighted by atomic mass is 79.9. The summed E-state index contributed by atoms with van der Waals surface area (Å²) in [4.78, 5) is 24.0. The van der Waals surface area contributed by atoms with Crippen LogP contribution in [-0.4, -0.2) is 22.5 Å². The molecule has 0 aliphatic heterocycles. The Bertz CT molecular complexity index is 479. The van der Waals surface area contributed by atoms with Crippen molar-refractivity contribution in [3.05, 3.63) is 37.7 Å². The molecule has 0 amide bonds. The number of ether oxygens (including phenoxy) is 1. The summed E-state index contributed by atoms with van der Waals surface area (Å²) in [6.07, 6.45) is 2.13. The Morgan fingerprint density at radius 3 is 2.82 bits per heavy atom. The molecule has 0 aromatic carbocycles. The van der Waals surface area contributed by atoms with Crippen LogP contribution in [0.1, 0.15) is 28.5 Å². The van der Waals surface area contributed by atoms with Gasteiger partial charge in [-0.25, -0.2) is 4.79 Å². The molecule has 0 unspecified atom stereocenters. The summed E-state index contributed by atoms with van der Waals surface area (Å²) in [6.45, 7) is 3.67. The first-order valence-electron chi connectivity index (χ1n) is 4.84. The van der Waals surface area contributed by atoms with E-state index in [0.29, 0.717) is 21.4 Å². The van der Waals surface area contributed by atoms with Crippen molar-refractivity contribution in [2.75, 3.05) is 6.61 Å². The molecule has 0 bridgehead atoms. The first-order valence-corrected chi connectivity index (χ1v) is 5.63. The van der Waals surface area contributed by atoms with Crippen molar-refractivity contribution in [2.45, 2.75) is 13.8 Å². The Balaban J connectivity index is 3.10. The van der Waals surface area contributed by atoms with Crippen LogP contribution < -0.4 is 0 Å². The highest BCUT2D eigenvalue weighted by Gasteiger charge is 2.17. The monoisotopic (exact) mass is 302 g/mol. The summed E-state index contributed by atoms with van der Waals surface area (Å²) in [5, 5.41) is 10.2. The Morgan fingerprint density at radius 1 is 1.65 bits per heavy atom. The number of halogens is 1. The molecule has 1 aromatic rings. The van der Waals surface area contributed by atoms with Gasteiger partial charge in [0.25, 0.3) is 0 Å². The lowest BCUT2D eigenvalue weighted by molar-refractivity contribution is -0.400. The summed E-state index contributed by atoms with van der Waals surface area (Å²) in [7, 11) is 0. The molecule has 1 aromatic heterocycles. The van der Waals surface area contributed by atoms with Crippen molar-refractivity contribution >= 4 is 28.0 Å². The van der Waals surface area contributed by atoms with Crippen LogP contribution in [0, 0.1) is 17.0 Å². The van der Waals surface area contributed by atoms with Crippen LogP contribution in [0.2, 0.25) is 0 Å². The average molecular weight is 303 g/mol. The number of aromatic nitrogens is 1. The zero-order chi connectivity index (χ0) is 13.0. The van der Waals surface area contributed by atoms with Gasteiger partial charge in [-0.2, -0.15) is 0 Å². The van der Waals surface area contributed by atoms with E-state index in [0.717, 1.165) is 6.20 Å². The van der Waals surface area contributed by atoms with Gasteiger partial charge in [-0.15, -0.1) is 0 Å². The molecule has 6 nitrogen and oxygen atoms in total. The quantitative estimate of drug-likeness (QED) is 0.526. The van der Waals surface area contributed by atoms with Crippen molar-refractivity contribution in [1.82, 2.24) is 4.98 Å². The van der Waals surface area contributed by atoms with Crippen molar-refractivity contribution in [3.63, 3.8) is 0 Å². The standard InChI is InChI=1S/C10H11BrN2O4/c1-3-17-10(14)8-6(2)7(9(11)12-8)4-5-13(15)16/h4-5,12H,3H2,1-2H3/b5-4+. The molecule has 92 valence electrons. The number of nitrogens with one attached hydrogen (secondary N) is 1. The minimum atomic E-state index is -0.567. The number of esters is 1. The Kier molecular flexibility index (Phi) is 4.45. The fourth-order valence-electron chi connectivity index (χ4n) is 1.31. The van der Waals surface area contributed by atoms with Gasteiger partial charge in [0.05, 0.1) is 16.1 Å². The van der Waals surface area contributed by atoms with Crippen LogP contribution >= 0.6 is 15.9 Å². The van der Waals surface area contributed by atoms with Crippen molar-refractivity contribution < 1.29 is 14.5 Å². The number of carbonyl (C=O) groups excluding carboxylic acids is 1. The lowest BCUT2D eigenvalue weighted by atomic mass is 10.1. The summed E-state index contributed by atoms with van der Waals surface area (Å²) in [5.74, 6) is -0.480. The molecule has 0 aliphatic carbocycles. The predicted octanol–water partition coefficient (Wildman–Crippen LogP) is 2.51. The number of hydrogen-bond donors (Lipinski definition) is 1. The lowest BCUT2D eigenvalue weighted by Gasteiger charge is -1.99. The van der Waals surface area contributed by atoms with Gasteiger partial charge in [-0.05, 0) is 35.3 Å². The second-order valence-corrected chi connectivity index (χ2v) is 3.97. The second-order valence-electron chi connectivity index (χ2n) is 3.17. The first-order chi connectivity index (χ1) is 7.97. The minimum Gasteiger partial charge on any atom is -0.461 e. The number of rotatable bonds is 4. The van der Waals surface area contributed by atoms with E-state index in [4.69, 9.17) is 4.74 Å². The van der Waals surface area contributed by atoms with E-state index in [1.807, 2.05) is 0 Å². The maximum atomic E-state index is 11.5. The van der Waals surface area contributed by atoms with Crippen LogP contribution in [0.5, 0.6) is 0 Å². The molecule has 1 rings (SSSR count). The molecule has 1 heterocycles. The normalized spacial score (nSPS) is 10.8. The van der Waals surface area contributed by atoms with Crippen LogP contribution in [0.4, 0.5) is 0 Å². The van der Waals surface area contributed by atoms with E-state index in [9.17, 15) is 14.9 Å². The summed E-state index contributed by atoms with van der Waals surface area (Å²) in [6, 6.07) is 0. The molecular weight excluding hydrogens is 292 g/mol. The van der Waals surface area contributed by atoms with E-state index < -0.39 is 10.9 Å². The number of H-pyrrole nitrogens is 1. The number of hydrogen-bond acceptors (Lipinski definition) is 4. The lowest BCUT2D eigenvalue weighted by Crippen LogP contribution is -2.06. The van der Waals surface area contributed by atoms with Crippen LogP contribution in [-0.2, 0) is 4.74 Å². The van der Waals surface area contributed by atoms with Crippen LogP contribution in [0.3, 0.4) is 0 Å². The third kappa shape index (κ3) is 3.16. The molecule has 0 aliphatic rings. The Labute approximate surface area is 106 Å².